The Hall–Kier alpha value is 0.520. The first-order valence-corrected chi connectivity index (χ1v) is 5.82. The van der Waals surface area contributed by atoms with Gasteiger partial charge in [-0.3, -0.25) is 0 Å². The number of hydrogen-bond donors (Lipinski definition) is 0. The molecule has 0 heterocycles. The third-order valence-electron chi connectivity index (χ3n) is 1.81. The van der Waals surface area contributed by atoms with E-state index in [1.165, 1.54) is 0 Å². The van der Waals surface area contributed by atoms with Gasteiger partial charge in [-0.25, -0.2) is 0 Å². The van der Waals surface area contributed by atoms with E-state index in [1.807, 2.05) is 0 Å². The van der Waals surface area contributed by atoms with Crippen molar-refractivity contribution in [2.24, 2.45) is 0 Å². The van der Waals surface area contributed by atoms with Gasteiger partial charge in [-0.15, -0.1) is 0 Å². The summed E-state index contributed by atoms with van der Waals surface area (Å²) in [6.45, 7) is 0. The van der Waals surface area contributed by atoms with Gasteiger partial charge in [0.2, 0.25) is 0 Å². The Morgan fingerprint density at radius 2 is 1.08 bits per heavy atom. The summed E-state index contributed by atoms with van der Waals surface area (Å²) in [5, 5.41) is 3.10. The van der Waals surface area contributed by atoms with Crippen LogP contribution < -0.4 is 0 Å². The van der Waals surface area contributed by atoms with Crippen molar-refractivity contribution in [2.45, 2.75) is 0 Å². The predicted molar refractivity (Wildman–Crippen MR) is 58.8 cm³/mol. The van der Waals surface area contributed by atoms with Crippen LogP contribution in [0.3, 0.4) is 0 Å². The molecule has 5 heteroatoms. The van der Waals surface area contributed by atoms with Crippen molar-refractivity contribution in [3.63, 3.8) is 0 Å². The molecule has 0 unspecified atom stereocenters. The topological polar surface area (TPSA) is 9.72 Å². The Morgan fingerprint density at radius 3 is 1.08 bits per heavy atom. The summed E-state index contributed by atoms with van der Waals surface area (Å²) in [5.74, 6) is 0. The van der Waals surface area contributed by atoms with Gasteiger partial charge in [-0.2, -0.15) is 0 Å². The van der Waals surface area contributed by atoms with Gasteiger partial charge in [-0.1, -0.05) is 0 Å². The third kappa shape index (κ3) is 2.06. The molecule has 0 spiro atoms. The molecule has 0 aromatic carbocycles. The molecule has 0 amide bonds. The van der Waals surface area contributed by atoms with Crippen molar-refractivity contribution in [1.29, 1.82) is 0 Å². The fourth-order valence-corrected chi connectivity index (χ4v) is 5.63. The second-order valence-corrected chi connectivity index (χ2v) is 7.55. The maximum atomic E-state index is 4.19. The molecule has 0 saturated heterocycles. The average molecular weight is 206 g/mol. The Balaban J connectivity index is 4.94. The first kappa shape index (κ1) is 12.5. The van der Waals surface area contributed by atoms with Crippen LogP contribution >= 0.6 is 16.4 Å². The molecule has 0 rings (SSSR count). The van der Waals surface area contributed by atoms with Crippen LogP contribution in [0, 0.1) is 5.37 Å². The van der Waals surface area contributed by atoms with Crippen molar-refractivity contribution in [3.8, 4) is 5.37 Å². The van der Waals surface area contributed by atoms with Gasteiger partial charge >= 0.3 is 78.1 Å². The van der Waals surface area contributed by atoms with Crippen LogP contribution in [-0.2, 0) is 0 Å². The van der Waals surface area contributed by atoms with Gasteiger partial charge in [-0.05, 0) is 0 Å². The summed E-state index contributed by atoms with van der Waals surface area (Å²) in [6.07, 6.45) is 0. The molecule has 0 aliphatic rings. The summed E-state index contributed by atoms with van der Waals surface area (Å²) in [5.41, 5.74) is 0. The molecule has 3 nitrogen and oxygen atoms in total. The predicted octanol–water partition coefficient (Wildman–Crippen LogP) is 1.76. The normalized spacial score (nSPS) is 12.7. The van der Waals surface area contributed by atoms with E-state index in [0.29, 0.717) is 0 Å². The summed E-state index contributed by atoms with van der Waals surface area (Å²) >= 11 is 0. The fraction of sp³-hybridized carbons (Fsp3) is 0.857. The van der Waals surface area contributed by atoms with Crippen molar-refractivity contribution >= 4 is 16.4 Å². The quantitative estimate of drug-likeness (QED) is 0.651. The van der Waals surface area contributed by atoms with Crippen LogP contribution in [-0.4, -0.2) is 56.3 Å². The van der Waals surface area contributed by atoms with E-state index in [1.54, 1.807) is 0 Å². The van der Waals surface area contributed by atoms with Gasteiger partial charge in [0, 0.05) is 0 Å². The Kier molecular flexibility index (Phi) is 4.87. The second kappa shape index (κ2) is 4.67. The van der Waals surface area contributed by atoms with Gasteiger partial charge < -0.3 is 0 Å². The molecule has 0 atom stereocenters. The van der Waals surface area contributed by atoms with Crippen molar-refractivity contribution in [2.75, 3.05) is 42.3 Å². The summed E-state index contributed by atoms with van der Waals surface area (Å²) in [6, 6.07) is 0. The molecule has 0 radical (unpaired) electrons. The van der Waals surface area contributed by atoms with Crippen molar-refractivity contribution in [1.82, 2.24) is 14.0 Å². The van der Waals surface area contributed by atoms with E-state index < -0.39 is 7.71 Å². The molecule has 0 fully saturated rings. The number of hydrogen-bond acceptors (Lipinski definition) is 3. The first-order chi connectivity index (χ1) is 5.39. The van der Waals surface area contributed by atoms with Gasteiger partial charge in [0.25, 0.3) is 0 Å². The minimum atomic E-state index is -1.58. The zero-order chi connectivity index (χ0) is 9.94. The van der Waals surface area contributed by atoms with Crippen LogP contribution in [0.5, 0.6) is 0 Å². The molecule has 70 valence electrons. The summed E-state index contributed by atoms with van der Waals surface area (Å²) < 4.78 is 6.50. The number of nitrogens with zero attached hydrogens (tertiary/aromatic N) is 3. The van der Waals surface area contributed by atoms with E-state index in [4.69, 9.17) is 0 Å². The van der Waals surface area contributed by atoms with Gasteiger partial charge in [0.15, 0.2) is 0 Å². The number of rotatable bonds is 3. The fourth-order valence-electron chi connectivity index (χ4n) is 1.34. The molecule has 0 saturated carbocycles. The Labute approximate surface area is 78.7 Å². The van der Waals surface area contributed by atoms with Crippen LogP contribution in [0.25, 0.3) is 0 Å². The minimum absolute atomic E-state index is 1.58. The molecular weight excluding hydrogens is 188 g/mol. The zero-order valence-corrected chi connectivity index (χ0v) is 10.5. The second-order valence-electron chi connectivity index (χ2n) is 3.21. The molecule has 0 N–H and O–H groups in total. The molecule has 0 aromatic heterocycles. The molecule has 12 heavy (non-hydrogen) atoms. The third-order valence-corrected chi connectivity index (χ3v) is 6.23. The van der Waals surface area contributed by atoms with Crippen LogP contribution in [0.4, 0.5) is 0 Å². The summed E-state index contributed by atoms with van der Waals surface area (Å²) in [4.78, 5) is 0. The average Bonchev–Trinajstić information content (AvgIpc) is 1.86. The SMILES string of the molecule is CN(C)[P+](C#P)(N(C)C)N(C)C. The van der Waals surface area contributed by atoms with Gasteiger partial charge in [0.05, 0.1) is 0 Å². The van der Waals surface area contributed by atoms with Crippen LogP contribution in [0.1, 0.15) is 0 Å². The Bertz CT molecular complexity index is 162. The standard InChI is InChI=1S/C7H18N3P2/c1-8(2)12(7-11,9(3)4)10(5)6/h1-6H3/q+1. The van der Waals surface area contributed by atoms with E-state index in [2.05, 4.69) is 70.4 Å². The van der Waals surface area contributed by atoms with Crippen molar-refractivity contribution in [3.05, 3.63) is 0 Å². The van der Waals surface area contributed by atoms with E-state index in [0.717, 1.165) is 0 Å². The van der Waals surface area contributed by atoms with E-state index in [9.17, 15) is 0 Å². The van der Waals surface area contributed by atoms with E-state index in [-0.39, 0.29) is 0 Å². The van der Waals surface area contributed by atoms with Crippen molar-refractivity contribution < 1.29 is 0 Å². The molecular formula is C7H18N3P2+. The van der Waals surface area contributed by atoms with E-state index >= 15 is 0 Å². The van der Waals surface area contributed by atoms with Crippen LogP contribution in [0.15, 0.2) is 0 Å². The summed E-state index contributed by atoms with van der Waals surface area (Å²) in [7, 11) is 14.9. The maximum absolute atomic E-state index is 4.19. The molecule has 0 aliphatic heterocycles. The monoisotopic (exact) mass is 206 g/mol. The van der Waals surface area contributed by atoms with Crippen LogP contribution in [0.2, 0.25) is 0 Å². The first-order valence-electron chi connectivity index (χ1n) is 3.73. The molecule has 0 aromatic rings. The van der Waals surface area contributed by atoms with Gasteiger partial charge in [0.1, 0.15) is 0 Å². The Morgan fingerprint density at radius 1 is 0.833 bits per heavy atom. The molecule has 0 aliphatic carbocycles. The zero-order valence-electron chi connectivity index (χ0n) is 8.74. The molecule has 0 bridgehead atoms.